The highest BCUT2D eigenvalue weighted by Crippen LogP contribution is 2.21. The van der Waals surface area contributed by atoms with E-state index in [4.69, 9.17) is 0 Å². The molecule has 3 rings (SSSR count). The van der Waals surface area contributed by atoms with Crippen LogP contribution in [-0.4, -0.2) is 29.3 Å². The SMILES string of the molecule is O=C(Nc1ccccc1)[C@H]1CCCN1C(=O)CCc1cccs1. The largest absolute Gasteiger partial charge is 0.331 e. The van der Waals surface area contributed by atoms with E-state index in [0.717, 1.165) is 24.9 Å². The van der Waals surface area contributed by atoms with E-state index in [9.17, 15) is 9.59 Å². The summed E-state index contributed by atoms with van der Waals surface area (Å²) in [4.78, 5) is 27.9. The number of carbonyl (C=O) groups excluding carboxylic acids is 2. The summed E-state index contributed by atoms with van der Waals surface area (Å²) in [5, 5.41) is 4.93. The van der Waals surface area contributed by atoms with Crippen molar-refractivity contribution in [1.29, 1.82) is 0 Å². The first-order valence-corrected chi connectivity index (χ1v) is 8.80. The lowest BCUT2D eigenvalue weighted by Gasteiger charge is -2.24. The van der Waals surface area contributed by atoms with Crippen LogP contribution in [-0.2, 0) is 16.0 Å². The van der Waals surface area contributed by atoms with E-state index in [-0.39, 0.29) is 17.9 Å². The minimum absolute atomic E-state index is 0.0733. The molecule has 0 radical (unpaired) electrons. The molecule has 0 aliphatic carbocycles. The predicted molar refractivity (Wildman–Crippen MR) is 92.4 cm³/mol. The van der Waals surface area contributed by atoms with Crippen molar-refractivity contribution in [2.24, 2.45) is 0 Å². The molecule has 1 fully saturated rings. The summed E-state index contributed by atoms with van der Waals surface area (Å²) in [6.07, 6.45) is 2.84. The van der Waals surface area contributed by atoms with Gasteiger partial charge in [0.15, 0.2) is 0 Å². The van der Waals surface area contributed by atoms with Crippen LogP contribution in [0.2, 0.25) is 0 Å². The van der Waals surface area contributed by atoms with Gasteiger partial charge in [0, 0.05) is 23.5 Å². The van der Waals surface area contributed by atoms with Crippen molar-refractivity contribution in [1.82, 2.24) is 4.90 Å². The van der Waals surface area contributed by atoms with Gasteiger partial charge in [-0.25, -0.2) is 0 Å². The molecule has 23 heavy (non-hydrogen) atoms. The number of hydrogen-bond donors (Lipinski definition) is 1. The molecule has 1 saturated heterocycles. The van der Waals surface area contributed by atoms with Crippen LogP contribution in [0.15, 0.2) is 47.8 Å². The van der Waals surface area contributed by atoms with Gasteiger partial charge in [-0.05, 0) is 42.8 Å². The summed E-state index contributed by atoms with van der Waals surface area (Å²) in [5.74, 6) is -0.0118. The number of anilines is 1. The van der Waals surface area contributed by atoms with Crippen LogP contribution in [0.5, 0.6) is 0 Å². The molecule has 4 nitrogen and oxygen atoms in total. The van der Waals surface area contributed by atoms with Gasteiger partial charge in [-0.15, -0.1) is 11.3 Å². The molecule has 0 bridgehead atoms. The second kappa shape index (κ2) is 7.42. The molecule has 1 N–H and O–H groups in total. The molecule has 1 aliphatic heterocycles. The van der Waals surface area contributed by atoms with E-state index in [1.165, 1.54) is 4.88 Å². The highest BCUT2D eigenvalue weighted by Gasteiger charge is 2.33. The molecular formula is C18H20N2O2S. The number of likely N-dealkylation sites (tertiary alicyclic amines) is 1. The van der Waals surface area contributed by atoms with Gasteiger partial charge in [0.2, 0.25) is 11.8 Å². The normalized spacial score (nSPS) is 17.2. The number of carbonyl (C=O) groups is 2. The van der Waals surface area contributed by atoms with Gasteiger partial charge in [0.05, 0.1) is 0 Å². The van der Waals surface area contributed by atoms with Crippen molar-refractivity contribution < 1.29 is 9.59 Å². The van der Waals surface area contributed by atoms with Crippen molar-refractivity contribution in [3.8, 4) is 0 Å². The maximum atomic E-state index is 12.5. The van der Waals surface area contributed by atoms with Crippen LogP contribution in [0.3, 0.4) is 0 Å². The van der Waals surface area contributed by atoms with Crippen LogP contribution in [0, 0.1) is 0 Å². The molecule has 0 unspecified atom stereocenters. The first-order valence-electron chi connectivity index (χ1n) is 7.92. The van der Waals surface area contributed by atoms with Gasteiger partial charge in [0.25, 0.3) is 0 Å². The number of hydrogen-bond acceptors (Lipinski definition) is 3. The van der Waals surface area contributed by atoms with Crippen LogP contribution in [0.25, 0.3) is 0 Å². The summed E-state index contributed by atoms with van der Waals surface area (Å²) in [6, 6.07) is 13.1. The number of aryl methyl sites for hydroxylation is 1. The molecule has 1 aromatic carbocycles. The Kier molecular flexibility index (Phi) is 5.08. The van der Waals surface area contributed by atoms with Gasteiger partial charge in [-0.2, -0.15) is 0 Å². The van der Waals surface area contributed by atoms with Crippen molar-refractivity contribution in [2.75, 3.05) is 11.9 Å². The Labute approximate surface area is 140 Å². The lowest BCUT2D eigenvalue weighted by molar-refractivity contribution is -0.136. The summed E-state index contributed by atoms with van der Waals surface area (Å²) >= 11 is 1.67. The minimum Gasteiger partial charge on any atom is -0.331 e. The Hall–Kier alpha value is -2.14. The Bertz CT molecular complexity index is 655. The average Bonchev–Trinajstić information content (AvgIpc) is 3.25. The summed E-state index contributed by atoms with van der Waals surface area (Å²) in [6.45, 7) is 0.677. The highest BCUT2D eigenvalue weighted by molar-refractivity contribution is 7.09. The van der Waals surface area contributed by atoms with Gasteiger partial charge >= 0.3 is 0 Å². The zero-order chi connectivity index (χ0) is 16.1. The van der Waals surface area contributed by atoms with Gasteiger partial charge < -0.3 is 10.2 Å². The van der Waals surface area contributed by atoms with E-state index in [2.05, 4.69) is 5.32 Å². The lowest BCUT2D eigenvalue weighted by Crippen LogP contribution is -2.43. The molecule has 0 spiro atoms. The average molecular weight is 328 g/mol. The molecule has 1 aromatic heterocycles. The number of nitrogens with zero attached hydrogens (tertiary/aromatic N) is 1. The number of para-hydroxylation sites is 1. The summed E-state index contributed by atoms with van der Waals surface area (Å²) in [5.41, 5.74) is 0.774. The van der Waals surface area contributed by atoms with Crippen LogP contribution < -0.4 is 5.32 Å². The van der Waals surface area contributed by atoms with E-state index in [1.54, 1.807) is 16.2 Å². The predicted octanol–water partition coefficient (Wildman–Crippen LogP) is 3.31. The van der Waals surface area contributed by atoms with E-state index in [0.29, 0.717) is 13.0 Å². The Morgan fingerprint density at radius 3 is 2.74 bits per heavy atom. The molecule has 1 aliphatic rings. The van der Waals surface area contributed by atoms with Gasteiger partial charge in [-0.1, -0.05) is 24.3 Å². The van der Waals surface area contributed by atoms with Crippen molar-refractivity contribution in [2.45, 2.75) is 31.7 Å². The zero-order valence-electron chi connectivity index (χ0n) is 12.9. The first kappa shape index (κ1) is 15.7. The fourth-order valence-electron chi connectivity index (χ4n) is 2.91. The molecule has 0 saturated carbocycles. The smallest absolute Gasteiger partial charge is 0.247 e. The number of rotatable bonds is 5. The lowest BCUT2D eigenvalue weighted by atomic mass is 10.1. The molecule has 2 aromatic rings. The number of amides is 2. The monoisotopic (exact) mass is 328 g/mol. The highest BCUT2D eigenvalue weighted by atomic mass is 32.1. The third kappa shape index (κ3) is 3.99. The van der Waals surface area contributed by atoms with E-state index in [1.807, 2.05) is 47.8 Å². The number of benzene rings is 1. The first-order chi connectivity index (χ1) is 11.2. The van der Waals surface area contributed by atoms with E-state index < -0.39 is 0 Å². The van der Waals surface area contributed by atoms with Gasteiger partial charge in [0.1, 0.15) is 6.04 Å². The molecule has 1 atom stereocenters. The number of nitrogens with one attached hydrogen (secondary N) is 1. The van der Waals surface area contributed by atoms with Crippen molar-refractivity contribution >= 4 is 28.8 Å². The second-order valence-electron chi connectivity index (χ2n) is 5.68. The van der Waals surface area contributed by atoms with Crippen LogP contribution >= 0.6 is 11.3 Å². The quantitative estimate of drug-likeness (QED) is 0.915. The molecule has 2 heterocycles. The van der Waals surface area contributed by atoms with Crippen molar-refractivity contribution in [3.05, 3.63) is 52.7 Å². The van der Waals surface area contributed by atoms with Crippen LogP contribution in [0.4, 0.5) is 5.69 Å². The Morgan fingerprint density at radius 1 is 1.17 bits per heavy atom. The topological polar surface area (TPSA) is 49.4 Å². The summed E-state index contributed by atoms with van der Waals surface area (Å²) in [7, 11) is 0. The fourth-order valence-corrected chi connectivity index (χ4v) is 3.62. The van der Waals surface area contributed by atoms with Gasteiger partial charge in [-0.3, -0.25) is 9.59 Å². The van der Waals surface area contributed by atoms with Crippen molar-refractivity contribution in [3.63, 3.8) is 0 Å². The third-order valence-corrected chi connectivity index (χ3v) is 5.02. The number of thiophene rings is 1. The maximum absolute atomic E-state index is 12.5. The van der Waals surface area contributed by atoms with E-state index >= 15 is 0 Å². The molecule has 5 heteroatoms. The molecular weight excluding hydrogens is 308 g/mol. The Morgan fingerprint density at radius 2 is 2.00 bits per heavy atom. The Balaban J connectivity index is 1.58. The second-order valence-corrected chi connectivity index (χ2v) is 6.71. The minimum atomic E-state index is -0.342. The summed E-state index contributed by atoms with van der Waals surface area (Å²) < 4.78 is 0. The fraction of sp³-hybridized carbons (Fsp3) is 0.333. The molecule has 2 amide bonds. The maximum Gasteiger partial charge on any atom is 0.247 e. The third-order valence-electron chi connectivity index (χ3n) is 4.08. The van der Waals surface area contributed by atoms with Crippen LogP contribution in [0.1, 0.15) is 24.1 Å². The molecule has 120 valence electrons. The standard InChI is InChI=1S/C18H20N2O2S/c21-17(11-10-15-8-5-13-23-15)20-12-4-9-16(20)18(22)19-14-6-2-1-3-7-14/h1-3,5-8,13,16H,4,9-12H2,(H,19,22)/t16-/m1/s1. The zero-order valence-corrected chi connectivity index (χ0v) is 13.7.